The molecule has 6 heteroatoms. The third-order valence-electron chi connectivity index (χ3n) is 2.86. The Morgan fingerprint density at radius 3 is 2.76 bits per heavy atom. The van der Waals surface area contributed by atoms with Crippen LogP contribution in [0.4, 0.5) is 4.79 Å². The van der Waals surface area contributed by atoms with Crippen molar-refractivity contribution in [2.75, 3.05) is 6.54 Å². The molecule has 6 nitrogen and oxygen atoms in total. The van der Waals surface area contributed by atoms with Crippen molar-refractivity contribution in [3.63, 3.8) is 0 Å². The van der Waals surface area contributed by atoms with E-state index in [0.717, 1.165) is 11.5 Å². The largest absolute Gasteiger partial charge is 0.444 e. The van der Waals surface area contributed by atoms with E-state index in [0.29, 0.717) is 12.4 Å². The molecule has 0 aromatic carbocycles. The van der Waals surface area contributed by atoms with E-state index in [-0.39, 0.29) is 24.4 Å². The third kappa shape index (κ3) is 2.30. The molecule has 1 aromatic heterocycles. The van der Waals surface area contributed by atoms with Crippen LogP contribution in [-0.2, 0) is 11.3 Å². The van der Waals surface area contributed by atoms with Gasteiger partial charge in [0.1, 0.15) is 5.76 Å². The Hall–Kier alpha value is -1.85. The first-order valence-electron chi connectivity index (χ1n) is 5.50. The van der Waals surface area contributed by atoms with Gasteiger partial charge in [-0.2, -0.15) is 0 Å². The summed E-state index contributed by atoms with van der Waals surface area (Å²) in [7, 11) is 0. The average molecular weight is 237 g/mol. The Morgan fingerprint density at radius 2 is 2.18 bits per heavy atom. The van der Waals surface area contributed by atoms with Gasteiger partial charge in [-0.15, -0.1) is 0 Å². The summed E-state index contributed by atoms with van der Waals surface area (Å²) in [6.45, 7) is 6.14. The van der Waals surface area contributed by atoms with Gasteiger partial charge in [0.15, 0.2) is 0 Å². The van der Waals surface area contributed by atoms with Crippen molar-refractivity contribution in [1.29, 1.82) is 0 Å². The summed E-state index contributed by atoms with van der Waals surface area (Å²) in [6, 6.07) is -0.387. The van der Waals surface area contributed by atoms with E-state index in [1.807, 2.05) is 13.8 Å². The number of oxazole rings is 1. The van der Waals surface area contributed by atoms with Gasteiger partial charge in [-0.25, -0.2) is 9.78 Å². The van der Waals surface area contributed by atoms with Gasteiger partial charge in [0.05, 0.1) is 18.2 Å². The molecule has 92 valence electrons. The molecule has 0 spiro atoms. The topological polar surface area (TPSA) is 75.4 Å². The molecule has 1 aliphatic rings. The highest BCUT2D eigenvalue weighted by atomic mass is 16.4. The number of rotatable bonds is 2. The van der Waals surface area contributed by atoms with Gasteiger partial charge in [-0.1, -0.05) is 6.92 Å². The van der Waals surface area contributed by atoms with Crippen LogP contribution in [0.5, 0.6) is 0 Å². The highest BCUT2D eigenvalue weighted by Crippen LogP contribution is 2.14. The minimum absolute atomic E-state index is 0.204. The summed E-state index contributed by atoms with van der Waals surface area (Å²) in [5, 5.41) is 2.30. The van der Waals surface area contributed by atoms with Gasteiger partial charge in [0.25, 0.3) is 0 Å². The van der Waals surface area contributed by atoms with Crippen molar-refractivity contribution in [3.05, 3.63) is 17.3 Å². The summed E-state index contributed by atoms with van der Waals surface area (Å²) in [5.74, 6) is 0.814. The second kappa shape index (κ2) is 4.20. The molecule has 1 atom stereocenters. The lowest BCUT2D eigenvalue weighted by atomic mass is 10.1. The molecule has 1 aliphatic heterocycles. The number of urea groups is 1. The second-order valence-electron chi connectivity index (χ2n) is 4.33. The zero-order chi connectivity index (χ0) is 12.6. The highest BCUT2D eigenvalue weighted by molar-refractivity contribution is 5.97. The molecule has 0 saturated carbocycles. The van der Waals surface area contributed by atoms with Crippen LogP contribution in [0.2, 0.25) is 0 Å². The smallest absolute Gasteiger partial charge is 0.324 e. The molecule has 1 saturated heterocycles. The maximum atomic E-state index is 11.6. The normalized spacial score (nSPS) is 20.6. The molecule has 2 rings (SSSR count). The van der Waals surface area contributed by atoms with Gasteiger partial charge in [-0.3, -0.25) is 10.1 Å². The Balaban J connectivity index is 2.08. The molecule has 0 aliphatic carbocycles. The summed E-state index contributed by atoms with van der Waals surface area (Å²) >= 11 is 0. The molecule has 17 heavy (non-hydrogen) atoms. The van der Waals surface area contributed by atoms with E-state index >= 15 is 0 Å². The van der Waals surface area contributed by atoms with Crippen LogP contribution in [0.25, 0.3) is 0 Å². The first kappa shape index (κ1) is 11.6. The first-order valence-corrected chi connectivity index (χ1v) is 5.50. The zero-order valence-corrected chi connectivity index (χ0v) is 10.1. The average Bonchev–Trinajstić information content (AvgIpc) is 2.55. The maximum absolute atomic E-state index is 11.6. The van der Waals surface area contributed by atoms with E-state index in [9.17, 15) is 9.59 Å². The fourth-order valence-corrected chi connectivity index (χ4v) is 1.71. The molecule has 1 N–H and O–H groups in total. The number of hydrogen-bond donors (Lipinski definition) is 1. The predicted octanol–water partition coefficient (Wildman–Crippen LogP) is 0.979. The molecule has 1 fully saturated rings. The molecule has 0 radical (unpaired) electrons. The lowest BCUT2D eigenvalue weighted by molar-refractivity contribution is -0.125. The summed E-state index contributed by atoms with van der Waals surface area (Å²) in [4.78, 5) is 28.6. The van der Waals surface area contributed by atoms with Crippen LogP contribution in [0.15, 0.2) is 4.42 Å². The van der Waals surface area contributed by atoms with Gasteiger partial charge >= 0.3 is 6.03 Å². The second-order valence-corrected chi connectivity index (χ2v) is 4.33. The Kier molecular flexibility index (Phi) is 2.87. The minimum Gasteiger partial charge on any atom is -0.444 e. The van der Waals surface area contributed by atoms with Gasteiger partial charge in [0.2, 0.25) is 11.8 Å². The van der Waals surface area contributed by atoms with Crippen molar-refractivity contribution in [2.45, 2.75) is 27.3 Å². The summed E-state index contributed by atoms with van der Waals surface area (Å²) in [6.07, 6.45) is 0. The lowest BCUT2D eigenvalue weighted by Gasteiger charge is -2.29. The van der Waals surface area contributed by atoms with Crippen LogP contribution in [0.1, 0.15) is 24.3 Å². The summed E-state index contributed by atoms with van der Waals surface area (Å²) in [5.41, 5.74) is 0.821. The van der Waals surface area contributed by atoms with Crippen molar-refractivity contribution < 1.29 is 14.0 Å². The Labute approximate surface area is 99.0 Å². The van der Waals surface area contributed by atoms with E-state index in [4.69, 9.17) is 4.42 Å². The van der Waals surface area contributed by atoms with E-state index in [1.165, 1.54) is 4.90 Å². The number of aromatic nitrogens is 1. The van der Waals surface area contributed by atoms with Crippen LogP contribution >= 0.6 is 0 Å². The zero-order valence-electron chi connectivity index (χ0n) is 10.1. The number of carbonyl (C=O) groups excluding carboxylic acids is 2. The molecule has 0 bridgehead atoms. The number of imide groups is 1. The Bertz CT molecular complexity index is 447. The van der Waals surface area contributed by atoms with E-state index in [2.05, 4.69) is 10.3 Å². The third-order valence-corrected chi connectivity index (χ3v) is 2.86. The van der Waals surface area contributed by atoms with Crippen LogP contribution < -0.4 is 5.32 Å². The SMILES string of the molecule is Cc1nc(CN2CC(C)C(=O)NC2=O)oc1C. The van der Waals surface area contributed by atoms with Gasteiger partial charge < -0.3 is 9.32 Å². The molecule has 2 heterocycles. The monoisotopic (exact) mass is 237 g/mol. The molecule has 1 unspecified atom stereocenters. The number of amides is 3. The molecular formula is C11H15N3O3. The lowest BCUT2D eigenvalue weighted by Crippen LogP contribution is -2.53. The van der Waals surface area contributed by atoms with Crippen LogP contribution in [0, 0.1) is 19.8 Å². The fraction of sp³-hybridized carbons (Fsp3) is 0.545. The minimum atomic E-state index is -0.387. The standard InChI is InChI=1S/C11H15N3O3/c1-6-4-14(11(16)13-10(6)15)5-9-12-7(2)8(3)17-9/h6H,4-5H2,1-3H3,(H,13,15,16). The number of nitrogens with one attached hydrogen (secondary N) is 1. The maximum Gasteiger partial charge on any atom is 0.324 e. The fourth-order valence-electron chi connectivity index (χ4n) is 1.71. The van der Waals surface area contributed by atoms with E-state index < -0.39 is 0 Å². The van der Waals surface area contributed by atoms with E-state index in [1.54, 1.807) is 6.92 Å². The number of hydrogen-bond acceptors (Lipinski definition) is 4. The molecular weight excluding hydrogens is 222 g/mol. The van der Waals surface area contributed by atoms with Crippen molar-refractivity contribution in [3.8, 4) is 0 Å². The van der Waals surface area contributed by atoms with Crippen molar-refractivity contribution >= 4 is 11.9 Å². The van der Waals surface area contributed by atoms with Crippen molar-refractivity contribution in [2.24, 2.45) is 5.92 Å². The highest BCUT2D eigenvalue weighted by Gasteiger charge is 2.29. The summed E-state index contributed by atoms with van der Waals surface area (Å²) < 4.78 is 5.41. The Morgan fingerprint density at radius 1 is 1.47 bits per heavy atom. The van der Waals surface area contributed by atoms with Crippen molar-refractivity contribution in [1.82, 2.24) is 15.2 Å². The molecule has 3 amide bonds. The number of carbonyl (C=O) groups is 2. The van der Waals surface area contributed by atoms with Crippen LogP contribution in [0.3, 0.4) is 0 Å². The molecule has 1 aromatic rings. The predicted molar refractivity (Wildman–Crippen MR) is 59.1 cm³/mol. The number of aryl methyl sites for hydroxylation is 2. The first-order chi connectivity index (χ1) is 7.97. The number of nitrogens with zero attached hydrogens (tertiary/aromatic N) is 2. The quantitative estimate of drug-likeness (QED) is 0.831. The van der Waals surface area contributed by atoms with Crippen LogP contribution in [-0.4, -0.2) is 28.4 Å². The van der Waals surface area contributed by atoms with Gasteiger partial charge in [-0.05, 0) is 13.8 Å². The van der Waals surface area contributed by atoms with Gasteiger partial charge in [0, 0.05) is 6.54 Å².